The van der Waals surface area contributed by atoms with E-state index in [2.05, 4.69) is 38.2 Å². The van der Waals surface area contributed by atoms with Gasteiger partial charge in [-0.05, 0) is 63.1 Å². The van der Waals surface area contributed by atoms with Crippen LogP contribution in [0.4, 0.5) is 0 Å². The summed E-state index contributed by atoms with van der Waals surface area (Å²) < 4.78 is 5.52. The van der Waals surface area contributed by atoms with Crippen LogP contribution in [0.3, 0.4) is 0 Å². The van der Waals surface area contributed by atoms with Crippen molar-refractivity contribution in [3.63, 3.8) is 0 Å². The highest BCUT2D eigenvalue weighted by molar-refractivity contribution is 7.99. The van der Waals surface area contributed by atoms with Crippen LogP contribution in [0, 0.1) is 0 Å². The zero-order chi connectivity index (χ0) is 14.8. The van der Waals surface area contributed by atoms with E-state index in [1.807, 2.05) is 17.8 Å². The van der Waals surface area contributed by atoms with E-state index in [4.69, 9.17) is 16.3 Å². The van der Waals surface area contributed by atoms with E-state index in [9.17, 15) is 0 Å². The molecule has 2 rings (SSSR count). The van der Waals surface area contributed by atoms with E-state index in [1.165, 1.54) is 10.5 Å². The Labute approximate surface area is 131 Å². The highest BCUT2D eigenvalue weighted by atomic mass is 35.5. The van der Waals surface area contributed by atoms with Crippen molar-refractivity contribution in [1.29, 1.82) is 0 Å². The topological polar surface area (TPSA) is 21.3 Å². The van der Waals surface area contributed by atoms with E-state index in [0.717, 1.165) is 23.6 Å². The van der Waals surface area contributed by atoms with Gasteiger partial charge in [0.25, 0.3) is 0 Å². The van der Waals surface area contributed by atoms with E-state index < -0.39 is 0 Å². The molecular formula is C16H24ClNOS. The van der Waals surface area contributed by atoms with Crippen molar-refractivity contribution < 1.29 is 4.74 Å². The predicted molar refractivity (Wildman–Crippen MR) is 87.8 cm³/mol. The zero-order valence-corrected chi connectivity index (χ0v) is 14.3. The molecule has 1 aliphatic heterocycles. The van der Waals surface area contributed by atoms with Crippen LogP contribution in [0.2, 0.25) is 5.02 Å². The van der Waals surface area contributed by atoms with E-state index in [0.29, 0.717) is 12.1 Å². The summed E-state index contributed by atoms with van der Waals surface area (Å²) >= 11 is 8.07. The maximum atomic E-state index is 6.15. The molecule has 1 aromatic rings. The molecule has 2 unspecified atom stereocenters. The molecule has 0 aliphatic carbocycles. The van der Waals surface area contributed by atoms with Crippen LogP contribution in [0.25, 0.3) is 0 Å². The second-order valence-electron chi connectivity index (χ2n) is 6.11. The molecule has 0 saturated heterocycles. The van der Waals surface area contributed by atoms with Gasteiger partial charge in [-0.2, -0.15) is 0 Å². The number of methoxy groups -OCH3 is 1. The SMILES string of the molecule is COC(C)(C)CC(C)NC1CCSc2ccc(Cl)cc21. The molecule has 0 saturated carbocycles. The molecular weight excluding hydrogens is 290 g/mol. The van der Waals surface area contributed by atoms with Gasteiger partial charge in [0.1, 0.15) is 0 Å². The summed E-state index contributed by atoms with van der Waals surface area (Å²) in [6, 6.07) is 7.03. The number of hydrogen-bond acceptors (Lipinski definition) is 3. The highest BCUT2D eigenvalue weighted by Crippen LogP contribution is 2.38. The second-order valence-corrected chi connectivity index (χ2v) is 7.68. The average Bonchev–Trinajstić information content (AvgIpc) is 2.39. The van der Waals surface area contributed by atoms with Gasteiger partial charge in [0.05, 0.1) is 5.60 Å². The molecule has 1 aromatic carbocycles. The lowest BCUT2D eigenvalue weighted by Crippen LogP contribution is -2.38. The molecule has 2 atom stereocenters. The molecule has 0 bridgehead atoms. The standard InChI is InChI=1S/C16H24ClNOS/c1-11(10-16(2,3)19-4)18-14-7-8-20-15-6-5-12(17)9-13(14)15/h5-6,9,11,14,18H,7-8,10H2,1-4H3. The van der Waals surface area contributed by atoms with Crippen molar-refractivity contribution >= 4 is 23.4 Å². The third kappa shape index (κ3) is 4.14. The van der Waals surface area contributed by atoms with Crippen molar-refractivity contribution in [2.24, 2.45) is 0 Å². The lowest BCUT2D eigenvalue weighted by Gasteiger charge is -2.32. The van der Waals surface area contributed by atoms with Crippen LogP contribution < -0.4 is 5.32 Å². The van der Waals surface area contributed by atoms with Gasteiger partial charge in [0.2, 0.25) is 0 Å². The highest BCUT2D eigenvalue weighted by Gasteiger charge is 2.25. The molecule has 1 N–H and O–H groups in total. The quantitative estimate of drug-likeness (QED) is 0.853. The fourth-order valence-corrected chi connectivity index (χ4v) is 4.05. The Bertz CT molecular complexity index is 464. The van der Waals surface area contributed by atoms with Crippen LogP contribution in [0.1, 0.15) is 45.2 Å². The molecule has 0 aromatic heterocycles. The summed E-state index contributed by atoms with van der Waals surface area (Å²) in [4.78, 5) is 1.36. The maximum absolute atomic E-state index is 6.15. The van der Waals surface area contributed by atoms with Crippen LogP contribution in [0.15, 0.2) is 23.1 Å². The van der Waals surface area contributed by atoms with Gasteiger partial charge in [0, 0.05) is 29.1 Å². The summed E-state index contributed by atoms with van der Waals surface area (Å²) in [6.07, 6.45) is 2.14. The number of thioether (sulfide) groups is 1. The predicted octanol–water partition coefficient (Wildman–Crippen LogP) is 4.67. The van der Waals surface area contributed by atoms with Gasteiger partial charge in [-0.25, -0.2) is 0 Å². The van der Waals surface area contributed by atoms with Crippen molar-refractivity contribution in [2.75, 3.05) is 12.9 Å². The third-order valence-corrected chi connectivity index (χ3v) is 5.21. The normalized spacial score (nSPS) is 20.6. The van der Waals surface area contributed by atoms with Gasteiger partial charge >= 0.3 is 0 Å². The molecule has 0 fully saturated rings. The summed E-state index contributed by atoms with van der Waals surface area (Å²) in [5, 5.41) is 4.56. The van der Waals surface area contributed by atoms with Crippen LogP contribution in [-0.4, -0.2) is 24.5 Å². The lowest BCUT2D eigenvalue weighted by molar-refractivity contribution is 0.00758. The minimum absolute atomic E-state index is 0.0903. The lowest BCUT2D eigenvalue weighted by atomic mass is 9.97. The average molecular weight is 314 g/mol. The first-order chi connectivity index (χ1) is 9.41. The van der Waals surface area contributed by atoms with Gasteiger partial charge in [-0.1, -0.05) is 11.6 Å². The van der Waals surface area contributed by atoms with Crippen molar-refractivity contribution in [3.05, 3.63) is 28.8 Å². The molecule has 0 radical (unpaired) electrons. The fourth-order valence-electron chi connectivity index (χ4n) is 2.76. The van der Waals surface area contributed by atoms with E-state index >= 15 is 0 Å². The number of rotatable bonds is 5. The fraction of sp³-hybridized carbons (Fsp3) is 0.625. The van der Waals surface area contributed by atoms with Crippen molar-refractivity contribution in [1.82, 2.24) is 5.32 Å². The molecule has 0 spiro atoms. The smallest absolute Gasteiger partial charge is 0.0637 e. The zero-order valence-electron chi connectivity index (χ0n) is 12.7. The first kappa shape index (κ1) is 16.2. The molecule has 20 heavy (non-hydrogen) atoms. The number of nitrogens with one attached hydrogen (secondary N) is 1. The largest absolute Gasteiger partial charge is 0.379 e. The Morgan fingerprint density at radius 3 is 2.95 bits per heavy atom. The van der Waals surface area contributed by atoms with E-state index in [1.54, 1.807) is 7.11 Å². The van der Waals surface area contributed by atoms with Gasteiger partial charge < -0.3 is 10.1 Å². The van der Waals surface area contributed by atoms with Crippen LogP contribution in [-0.2, 0) is 4.74 Å². The molecule has 1 heterocycles. The summed E-state index contributed by atoms with van der Waals surface area (Å²) in [6.45, 7) is 6.49. The number of fused-ring (bicyclic) bond motifs is 1. The number of benzene rings is 1. The number of hydrogen-bond donors (Lipinski definition) is 1. The van der Waals surface area contributed by atoms with E-state index in [-0.39, 0.29) is 5.60 Å². The molecule has 112 valence electrons. The number of halogens is 1. The summed E-state index contributed by atoms with van der Waals surface area (Å²) in [7, 11) is 1.78. The summed E-state index contributed by atoms with van der Waals surface area (Å²) in [5.74, 6) is 1.16. The summed E-state index contributed by atoms with van der Waals surface area (Å²) in [5.41, 5.74) is 1.25. The van der Waals surface area contributed by atoms with Crippen molar-refractivity contribution in [3.8, 4) is 0 Å². The molecule has 2 nitrogen and oxygen atoms in total. The van der Waals surface area contributed by atoms with Gasteiger partial charge in [-0.15, -0.1) is 11.8 Å². The Morgan fingerprint density at radius 2 is 2.25 bits per heavy atom. The minimum Gasteiger partial charge on any atom is -0.379 e. The Morgan fingerprint density at radius 1 is 1.50 bits per heavy atom. The molecule has 1 aliphatic rings. The Hall–Kier alpha value is -0.220. The molecule has 4 heteroatoms. The van der Waals surface area contributed by atoms with Gasteiger partial charge in [0.15, 0.2) is 0 Å². The minimum atomic E-state index is -0.0903. The maximum Gasteiger partial charge on any atom is 0.0637 e. The first-order valence-electron chi connectivity index (χ1n) is 7.15. The Balaban J connectivity index is 2.06. The third-order valence-electron chi connectivity index (χ3n) is 3.85. The second kappa shape index (κ2) is 6.69. The number of ether oxygens (including phenoxy) is 1. The van der Waals surface area contributed by atoms with Crippen LogP contribution in [0.5, 0.6) is 0 Å². The molecule has 0 amide bonds. The van der Waals surface area contributed by atoms with Crippen molar-refractivity contribution in [2.45, 2.75) is 56.2 Å². The van der Waals surface area contributed by atoms with Gasteiger partial charge in [-0.3, -0.25) is 0 Å². The monoisotopic (exact) mass is 313 g/mol. The first-order valence-corrected chi connectivity index (χ1v) is 8.51. The Kier molecular flexibility index (Phi) is 5.41. The van der Waals surface area contributed by atoms with Crippen LogP contribution >= 0.6 is 23.4 Å².